The third-order valence-corrected chi connectivity index (χ3v) is 1.91. The zero-order valence-electron chi connectivity index (χ0n) is 8.29. The molecular weight excluding hydrogens is 224 g/mol. The lowest BCUT2D eigenvalue weighted by atomic mass is 10.1. The number of ether oxygens (including phenoxy) is 1. The molecule has 0 radical (unpaired) electrons. The number of hydrogen-bond acceptors (Lipinski definition) is 3. The van der Waals surface area contributed by atoms with E-state index in [1.807, 2.05) is 4.98 Å². The fourth-order valence-corrected chi connectivity index (χ4v) is 1.29. The van der Waals surface area contributed by atoms with E-state index in [1.165, 1.54) is 7.11 Å². The van der Waals surface area contributed by atoms with Crippen LogP contribution in [0.4, 0.5) is 8.78 Å². The summed E-state index contributed by atoms with van der Waals surface area (Å²) in [5.41, 5.74) is -1.70. The van der Waals surface area contributed by atoms with Crippen molar-refractivity contribution >= 4 is 5.97 Å². The summed E-state index contributed by atoms with van der Waals surface area (Å²) in [4.78, 5) is 23.4. The van der Waals surface area contributed by atoms with Gasteiger partial charge in [-0.05, 0) is 0 Å². The van der Waals surface area contributed by atoms with E-state index in [0.29, 0.717) is 0 Å². The lowest BCUT2D eigenvalue weighted by Crippen LogP contribution is -2.15. The highest BCUT2D eigenvalue weighted by Gasteiger charge is 2.20. The predicted molar refractivity (Wildman–Crippen MR) is 49.9 cm³/mol. The van der Waals surface area contributed by atoms with Gasteiger partial charge < -0.3 is 14.8 Å². The van der Waals surface area contributed by atoms with Gasteiger partial charge in [-0.1, -0.05) is 0 Å². The van der Waals surface area contributed by atoms with Crippen molar-refractivity contribution in [3.63, 3.8) is 0 Å². The van der Waals surface area contributed by atoms with Crippen LogP contribution in [0.1, 0.15) is 17.7 Å². The first kappa shape index (κ1) is 12.2. The first-order valence-corrected chi connectivity index (χ1v) is 4.25. The topological polar surface area (TPSA) is 79.4 Å². The molecule has 1 aromatic rings. The summed E-state index contributed by atoms with van der Waals surface area (Å²) in [6, 6.07) is 0.935. The van der Waals surface area contributed by atoms with Crippen LogP contribution in [0.25, 0.3) is 0 Å². The highest BCUT2D eigenvalue weighted by atomic mass is 19.3. The molecular formula is C9H9F2NO4. The van der Waals surface area contributed by atoms with Gasteiger partial charge in [0.1, 0.15) is 5.75 Å². The standard InChI is InChI=1S/C9H9F2NO4/c1-16-5-3-6(13)12-8(9(10)11)4(5)2-7(14)15/h3,9H,2H2,1H3,(H,12,13)(H,14,15). The summed E-state index contributed by atoms with van der Waals surface area (Å²) in [5.74, 6) is -1.44. The molecule has 88 valence electrons. The second-order valence-electron chi connectivity index (χ2n) is 2.97. The number of aromatic nitrogens is 1. The molecule has 0 aromatic carbocycles. The molecule has 0 aliphatic heterocycles. The molecule has 0 saturated carbocycles. The van der Waals surface area contributed by atoms with Crippen molar-refractivity contribution in [3.05, 3.63) is 27.7 Å². The van der Waals surface area contributed by atoms with Crippen LogP contribution in [0.15, 0.2) is 10.9 Å². The molecule has 1 heterocycles. The second kappa shape index (κ2) is 4.73. The number of hydrogen-bond donors (Lipinski definition) is 2. The Hall–Kier alpha value is -1.92. The van der Waals surface area contributed by atoms with E-state index < -0.39 is 30.1 Å². The normalized spacial score (nSPS) is 10.5. The Balaban J connectivity index is 3.38. The number of rotatable bonds is 4. The van der Waals surface area contributed by atoms with E-state index in [-0.39, 0.29) is 11.3 Å². The van der Waals surface area contributed by atoms with Gasteiger partial charge in [0, 0.05) is 11.6 Å². The summed E-state index contributed by atoms with van der Waals surface area (Å²) >= 11 is 0. The maximum atomic E-state index is 12.6. The second-order valence-corrected chi connectivity index (χ2v) is 2.97. The number of carbonyl (C=O) groups is 1. The average Bonchev–Trinajstić information content (AvgIpc) is 2.19. The van der Waals surface area contributed by atoms with Gasteiger partial charge in [0.25, 0.3) is 12.0 Å². The molecule has 0 bridgehead atoms. The summed E-state index contributed by atoms with van der Waals surface area (Å²) in [6.45, 7) is 0. The maximum absolute atomic E-state index is 12.6. The maximum Gasteiger partial charge on any atom is 0.308 e. The van der Waals surface area contributed by atoms with Crippen molar-refractivity contribution in [3.8, 4) is 5.75 Å². The van der Waals surface area contributed by atoms with Gasteiger partial charge in [-0.15, -0.1) is 0 Å². The molecule has 1 rings (SSSR count). The van der Waals surface area contributed by atoms with Crippen LogP contribution >= 0.6 is 0 Å². The lowest BCUT2D eigenvalue weighted by Gasteiger charge is -2.10. The third kappa shape index (κ3) is 2.56. The predicted octanol–water partition coefficient (Wildman–Crippen LogP) is 0.948. The number of carboxylic acid groups (broad SMARTS) is 1. The fraction of sp³-hybridized carbons (Fsp3) is 0.333. The first-order chi connectivity index (χ1) is 7.45. The molecule has 0 spiro atoms. The number of methoxy groups -OCH3 is 1. The Bertz CT molecular complexity index is 455. The van der Waals surface area contributed by atoms with Gasteiger partial charge in [-0.25, -0.2) is 8.78 Å². The number of carboxylic acids is 1. The number of nitrogens with one attached hydrogen (secondary N) is 1. The van der Waals surface area contributed by atoms with Gasteiger partial charge in [0.05, 0.1) is 19.2 Å². The monoisotopic (exact) mass is 233 g/mol. The molecule has 0 unspecified atom stereocenters. The van der Waals surface area contributed by atoms with Gasteiger partial charge in [0.15, 0.2) is 0 Å². The van der Waals surface area contributed by atoms with Crippen molar-refractivity contribution in [1.82, 2.24) is 4.98 Å². The molecule has 0 amide bonds. The molecule has 0 fully saturated rings. The minimum Gasteiger partial charge on any atom is -0.496 e. The van der Waals surface area contributed by atoms with E-state index in [4.69, 9.17) is 9.84 Å². The summed E-state index contributed by atoms with van der Waals surface area (Å²) in [5, 5.41) is 8.57. The van der Waals surface area contributed by atoms with Crippen LogP contribution in [-0.2, 0) is 11.2 Å². The van der Waals surface area contributed by atoms with E-state index in [2.05, 4.69) is 0 Å². The molecule has 0 saturated heterocycles. The average molecular weight is 233 g/mol. The number of alkyl halides is 2. The summed E-state index contributed by atoms with van der Waals surface area (Å²) in [7, 11) is 1.18. The van der Waals surface area contributed by atoms with E-state index in [0.717, 1.165) is 6.07 Å². The molecule has 2 N–H and O–H groups in total. The van der Waals surface area contributed by atoms with Crippen LogP contribution in [0.3, 0.4) is 0 Å². The summed E-state index contributed by atoms with van der Waals surface area (Å²) < 4.78 is 29.8. The number of halogens is 2. The Morgan fingerprint density at radius 3 is 2.69 bits per heavy atom. The van der Waals surface area contributed by atoms with Crippen molar-refractivity contribution in [1.29, 1.82) is 0 Å². The highest BCUT2D eigenvalue weighted by Crippen LogP contribution is 2.26. The highest BCUT2D eigenvalue weighted by molar-refractivity contribution is 5.71. The first-order valence-electron chi connectivity index (χ1n) is 4.25. The van der Waals surface area contributed by atoms with Crippen molar-refractivity contribution < 1.29 is 23.4 Å². The van der Waals surface area contributed by atoms with Crippen LogP contribution in [-0.4, -0.2) is 23.2 Å². The molecule has 16 heavy (non-hydrogen) atoms. The van der Waals surface area contributed by atoms with Crippen LogP contribution < -0.4 is 10.3 Å². The quantitative estimate of drug-likeness (QED) is 0.811. The molecule has 0 atom stereocenters. The zero-order valence-corrected chi connectivity index (χ0v) is 8.29. The minimum absolute atomic E-state index is 0.151. The number of pyridine rings is 1. The van der Waals surface area contributed by atoms with Crippen molar-refractivity contribution in [2.24, 2.45) is 0 Å². The largest absolute Gasteiger partial charge is 0.496 e. The van der Waals surface area contributed by atoms with Gasteiger partial charge >= 0.3 is 5.97 Å². The van der Waals surface area contributed by atoms with E-state index in [9.17, 15) is 18.4 Å². The van der Waals surface area contributed by atoms with Crippen LogP contribution in [0.2, 0.25) is 0 Å². The number of aliphatic carboxylic acids is 1. The lowest BCUT2D eigenvalue weighted by molar-refractivity contribution is -0.136. The number of aromatic amines is 1. The molecule has 0 aliphatic rings. The SMILES string of the molecule is COc1cc(=O)[nH]c(C(F)F)c1CC(=O)O. The number of H-pyrrole nitrogens is 1. The zero-order chi connectivity index (χ0) is 12.3. The molecule has 7 heteroatoms. The smallest absolute Gasteiger partial charge is 0.308 e. The molecule has 0 aliphatic carbocycles. The van der Waals surface area contributed by atoms with Crippen LogP contribution in [0, 0.1) is 0 Å². The van der Waals surface area contributed by atoms with E-state index in [1.54, 1.807) is 0 Å². The van der Waals surface area contributed by atoms with Gasteiger partial charge in [0.2, 0.25) is 0 Å². The Labute approximate surface area is 88.7 Å². The summed E-state index contributed by atoms with van der Waals surface area (Å²) in [6.07, 6.45) is -3.60. The Morgan fingerprint density at radius 1 is 1.62 bits per heavy atom. The van der Waals surface area contributed by atoms with Crippen LogP contribution in [0.5, 0.6) is 5.75 Å². The minimum atomic E-state index is -2.96. The molecule has 5 nitrogen and oxygen atoms in total. The third-order valence-electron chi connectivity index (χ3n) is 1.91. The van der Waals surface area contributed by atoms with E-state index >= 15 is 0 Å². The fourth-order valence-electron chi connectivity index (χ4n) is 1.29. The Morgan fingerprint density at radius 2 is 2.25 bits per heavy atom. The Kier molecular flexibility index (Phi) is 3.60. The van der Waals surface area contributed by atoms with Gasteiger partial charge in [-0.2, -0.15) is 0 Å². The molecule has 1 aromatic heterocycles. The van der Waals surface area contributed by atoms with Crippen molar-refractivity contribution in [2.75, 3.05) is 7.11 Å². The van der Waals surface area contributed by atoms with Gasteiger partial charge in [-0.3, -0.25) is 9.59 Å². The van der Waals surface area contributed by atoms with Crippen molar-refractivity contribution in [2.45, 2.75) is 12.8 Å².